The van der Waals surface area contributed by atoms with Crippen molar-refractivity contribution >= 4 is 22.8 Å². The third kappa shape index (κ3) is 6.19. The Balaban J connectivity index is 1.84. The zero-order valence-electron chi connectivity index (χ0n) is 23.0. The number of nitrogens with zero attached hydrogens (tertiary/aromatic N) is 4. The van der Waals surface area contributed by atoms with Crippen molar-refractivity contribution in [2.75, 3.05) is 14.2 Å². The molecule has 1 N–H and O–H groups in total. The molecule has 3 aromatic carbocycles. The van der Waals surface area contributed by atoms with E-state index in [0.29, 0.717) is 29.0 Å². The Morgan fingerprint density at radius 2 is 1.69 bits per heavy atom. The van der Waals surface area contributed by atoms with Gasteiger partial charge in [0.15, 0.2) is 11.5 Å². The van der Waals surface area contributed by atoms with Crippen molar-refractivity contribution in [3.8, 4) is 11.5 Å². The average molecular weight is 530 g/mol. The number of carbonyl (C=O) groups excluding carboxylic acids is 2. The second-order valence-electron chi connectivity index (χ2n) is 9.96. The van der Waals surface area contributed by atoms with Gasteiger partial charge in [0, 0.05) is 17.6 Å². The molecule has 4 rings (SSSR count). The summed E-state index contributed by atoms with van der Waals surface area (Å²) in [5, 5.41) is 11.5. The van der Waals surface area contributed by atoms with Gasteiger partial charge in [0.2, 0.25) is 11.8 Å². The monoisotopic (exact) mass is 529 g/mol. The van der Waals surface area contributed by atoms with E-state index in [-0.39, 0.29) is 24.9 Å². The van der Waals surface area contributed by atoms with Crippen LogP contribution in [-0.2, 0) is 22.7 Å². The van der Waals surface area contributed by atoms with Gasteiger partial charge in [-0.2, -0.15) is 0 Å². The van der Waals surface area contributed by atoms with Crippen LogP contribution in [0.3, 0.4) is 0 Å². The van der Waals surface area contributed by atoms with Gasteiger partial charge in [-0.1, -0.05) is 66.7 Å². The highest BCUT2D eigenvalue weighted by Crippen LogP contribution is 2.38. The number of nitrogens with one attached hydrogen (secondary N) is 1. The summed E-state index contributed by atoms with van der Waals surface area (Å²) in [5.74, 6) is 0.249. The first-order chi connectivity index (χ1) is 18.8. The van der Waals surface area contributed by atoms with Crippen molar-refractivity contribution in [3.63, 3.8) is 0 Å². The molecule has 1 aromatic heterocycles. The zero-order chi connectivity index (χ0) is 28.0. The molecule has 0 aliphatic heterocycles. The summed E-state index contributed by atoms with van der Waals surface area (Å²) >= 11 is 0. The number of carbonyl (C=O) groups is 2. The molecule has 204 valence electrons. The van der Waals surface area contributed by atoms with Crippen molar-refractivity contribution in [3.05, 3.63) is 83.9 Å². The molecule has 0 fully saturated rings. The van der Waals surface area contributed by atoms with E-state index in [2.05, 4.69) is 15.6 Å². The highest BCUT2D eigenvalue weighted by molar-refractivity contribution is 5.90. The maximum absolute atomic E-state index is 14.2. The van der Waals surface area contributed by atoms with E-state index < -0.39 is 11.6 Å². The van der Waals surface area contributed by atoms with Crippen LogP contribution in [0.4, 0.5) is 0 Å². The van der Waals surface area contributed by atoms with Crippen molar-refractivity contribution in [1.29, 1.82) is 0 Å². The Labute approximate surface area is 228 Å². The number of benzene rings is 3. The molecule has 9 nitrogen and oxygen atoms in total. The Morgan fingerprint density at radius 3 is 2.38 bits per heavy atom. The van der Waals surface area contributed by atoms with E-state index in [1.807, 2.05) is 75.4 Å². The minimum absolute atomic E-state index is 0.0966. The largest absolute Gasteiger partial charge is 0.493 e. The Morgan fingerprint density at radius 1 is 0.974 bits per heavy atom. The molecule has 0 spiro atoms. The number of para-hydroxylation sites is 2. The van der Waals surface area contributed by atoms with Crippen LogP contribution in [0.15, 0.2) is 72.8 Å². The summed E-state index contributed by atoms with van der Waals surface area (Å²) in [6.45, 7) is 6.01. The van der Waals surface area contributed by atoms with E-state index in [4.69, 9.17) is 9.47 Å². The van der Waals surface area contributed by atoms with Gasteiger partial charge in [-0.25, -0.2) is 4.68 Å². The Hall–Kier alpha value is -4.40. The smallest absolute Gasteiger partial charge is 0.248 e. The van der Waals surface area contributed by atoms with Crippen LogP contribution in [0.2, 0.25) is 0 Å². The number of hydrogen-bond acceptors (Lipinski definition) is 6. The van der Waals surface area contributed by atoms with Crippen LogP contribution in [0.25, 0.3) is 11.0 Å². The molecule has 4 aromatic rings. The summed E-state index contributed by atoms with van der Waals surface area (Å²) in [6.07, 6.45) is 0.707. The van der Waals surface area contributed by atoms with Crippen molar-refractivity contribution < 1.29 is 19.1 Å². The van der Waals surface area contributed by atoms with Gasteiger partial charge in [0.1, 0.15) is 18.1 Å². The maximum atomic E-state index is 14.2. The van der Waals surface area contributed by atoms with Crippen LogP contribution in [0, 0.1) is 0 Å². The molecule has 0 bridgehead atoms. The number of hydrogen-bond donors (Lipinski definition) is 1. The molecule has 9 heteroatoms. The van der Waals surface area contributed by atoms with Gasteiger partial charge in [0.25, 0.3) is 0 Å². The molecular formula is C30H35N5O4. The number of fused-ring (bicyclic) bond motifs is 1. The topological polar surface area (TPSA) is 98.6 Å². The first-order valence-electron chi connectivity index (χ1n) is 12.9. The average Bonchev–Trinajstić information content (AvgIpc) is 3.35. The van der Waals surface area contributed by atoms with Gasteiger partial charge in [-0.3, -0.25) is 9.59 Å². The van der Waals surface area contributed by atoms with E-state index >= 15 is 0 Å². The van der Waals surface area contributed by atoms with Crippen LogP contribution in [-0.4, -0.2) is 51.5 Å². The standard InChI is InChI=1S/C30H35N5O4/c1-6-30(2,3)31-29(37)27(22-15-12-18-25(38-4)28(22)39-5)34(19-21-13-8-7-9-14-21)26(36)20-35-24-17-11-10-16-23(24)32-33-35/h7-18,27H,6,19-20H2,1-5H3,(H,31,37). The van der Waals surface area contributed by atoms with Crippen LogP contribution >= 0.6 is 0 Å². The summed E-state index contributed by atoms with van der Waals surface area (Å²) in [5.41, 5.74) is 2.33. The number of methoxy groups -OCH3 is 2. The lowest BCUT2D eigenvalue weighted by atomic mass is 9.97. The normalized spacial score (nSPS) is 12.1. The molecule has 1 unspecified atom stereocenters. The molecule has 0 saturated carbocycles. The lowest BCUT2D eigenvalue weighted by Gasteiger charge is -2.35. The first-order valence-corrected chi connectivity index (χ1v) is 12.9. The lowest BCUT2D eigenvalue weighted by Crippen LogP contribution is -2.50. The minimum atomic E-state index is -1.01. The fourth-order valence-electron chi connectivity index (χ4n) is 4.42. The quantitative estimate of drug-likeness (QED) is 0.307. The van der Waals surface area contributed by atoms with Crippen LogP contribution in [0.5, 0.6) is 11.5 Å². The number of aromatic nitrogens is 3. The van der Waals surface area contributed by atoms with Gasteiger partial charge >= 0.3 is 0 Å². The van der Waals surface area contributed by atoms with Gasteiger partial charge < -0.3 is 19.7 Å². The molecular weight excluding hydrogens is 494 g/mol. The van der Waals surface area contributed by atoms with Crippen LogP contribution in [0.1, 0.15) is 44.4 Å². The molecule has 0 radical (unpaired) electrons. The predicted molar refractivity (Wildman–Crippen MR) is 149 cm³/mol. The highest BCUT2D eigenvalue weighted by Gasteiger charge is 2.36. The Bertz CT molecular complexity index is 1430. The summed E-state index contributed by atoms with van der Waals surface area (Å²) < 4.78 is 12.8. The van der Waals surface area contributed by atoms with Crippen LogP contribution < -0.4 is 14.8 Å². The van der Waals surface area contributed by atoms with Gasteiger partial charge in [-0.15, -0.1) is 5.10 Å². The number of amides is 2. The van der Waals surface area contributed by atoms with E-state index in [1.165, 1.54) is 7.11 Å². The van der Waals surface area contributed by atoms with Crippen molar-refractivity contribution in [2.24, 2.45) is 0 Å². The summed E-state index contributed by atoms with van der Waals surface area (Å²) in [4.78, 5) is 29.8. The molecule has 0 aliphatic carbocycles. The molecule has 39 heavy (non-hydrogen) atoms. The van der Waals surface area contributed by atoms with E-state index in [0.717, 1.165) is 11.1 Å². The van der Waals surface area contributed by atoms with E-state index in [9.17, 15) is 9.59 Å². The molecule has 1 atom stereocenters. The highest BCUT2D eigenvalue weighted by atomic mass is 16.5. The fraction of sp³-hybridized carbons (Fsp3) is 0.333. The lowest BCUT2D eigenvalue weighted by molar-refractivity contribution is -0.143. The second kappa shape index (κ2) is 12.0. The second-order valence-corrected chi connectivity index (χ2v) is 9.96. The first kappa shape index (κ1) is 27.6. The molecule has 0 aliphatic rings. The Kier molecular flexibility index (Phi) is 8.49. The van der Waals surface area contributed by atoms with Crippen molar-refractivity contribution in [2.45, 2.75) is 51.9 Å². The third-order valence-corrected chi connectivity index (χ3v) is 6.85. The third-order valence-electron chi connectivity index (χ3n) is 6.85. The molecule has 1 heterocycles. The van der Waals surface area contributed by atoms with Gasteiger partial charge in [-0.05, 0) is 44.0 Å². The van der Waals surface area contributed by atoms with Gasteiger partial charge in [0.05, 0.1) is 19.7 Å². The fourth-order valence-corrected chi connectivity index (χ4v) is 4.42. The SMILES string of the molecule is CCC(C)(C)NC(=O)C(c1cccc(OC)c1OC)N(Cc1ccccc1)C(=O)Cn1nnc2ccccc21. The van der Waals surface area contributed by atoms with Crippen molar-refractivity contribution in [1.82, 2.24) is 25.2 Å². The minimum Gasteiger partial charge on any atom is -0.493 e. The molecule has 0 saturated heterocycles. The zero-order valence-corrected chi connectivity index (χ0v) is 23.0. The summed E-state index contributed by atoms with van der Waals surface area (Å²) in [6, 6.07) is 21.4. The summed E-state index contributed by atoms with van der Waals surface area (Å²) in [7, 11) is 3.07. The van der Waals surface area contributed by atoms with E-state index in [1.54, 1.807) is 34.9 Å². The number of ether oxygens (including phenoxy) is 2. The molecule has 2 amide bonds. The maximum Gasteiger partial charge on any atom is 0.248 e. The predicted octanol–water partition coefficient (Wildman–Crippen LogP) is 4.52. The number of rotatable bonds is 11.